The van der Waals surface area contributed by atoms with E-state index < -0.39 is 10.0 Å². The number of carbonyl (C=O) groups is 1. The van der Waals surface area contributed by atoms with Gasteiger partial charge in [-0.1, -0.05) is 23.9 Å². The summed E-state index contributed by atoms with van der Waals surface area (Å²) in [4.78, 5) is 16.8. The molecule has 1 amide bonds. The lowest BCUT2D eigenvalue weighted by Gasteiger charge is -2.16. The lowest BCUT2D eigenvalue weighted by molar-refractivity contribution is -0.115. The Kier molecular flexibility index (Phi) is 6.21. The van der Waals surface area contributed by atoms with Gasteiger partial charge < -0.3 is 5.32 Å². The molecule has 1 unspecified atom stereocenters. The predicted molar refractivity (Wildman–Crippen MR) is 100 cm³/mol. The Balaban J connectivity index is 2.17. The Morgan fingerprint density at radius 1 is 1.24 bits per heavy atom. The molecular weight excluding hydrogens is 358 g/mol. The highest BCUT2D eigenvalue weighted by molar-refractivity contribution is 8.00. The molecule has 0 saturated carbocycles. The summed E-state index contributed by atoms with van der Waals surface area (Å²) in [5.41, 5.74) is 1.28. The Labute approximate surface area is 152 Å². The van der Waals surface area contributed by atoms with Crippen molar-refractivity contribution in [3.8, 4) is 0 Å². The summed E-state index contributed by atoms with van der Waals surface area (Å²) in [7, 11) is -0.611. The van der Waals surface area contributed by atoms with Crippen LogP contribution in [0.25, 0.3) is 0 Å². The van der Waals surface area contributed by atoms with Gasteiger partial charge in [-0.15, -0.1) is 0 Å². The number of aromatic nitrogens is 1. The largest absolute Gasteiger partial charge is 0.325 e. The molecule has 1 aromatic carbocycles. The number of nitrogens with zero attached hydrogens (tertiary/aromatic N) is 2. The highest BCUT2D eigenvalue weighted by atomic mass is 32.2. The van der Waals surface area contributed by atoms with Crippen LogP contribution in [-0.4, -0.2) is 43.0 Å². The van der Waals surface area contributed by atoms with Crippen LogP contribution in [0.2, 0.25) is 0 Å². The molecule has 25 heavy (non-hydrogen) atoms. The minimum absolute atomic E-state index is 0.142. The second kappa shape index (κ2) is 7.99. The molecule has 6 nitrogen and oxygen atoms in total. The van der Waals surface area contributed by atoms with E-state index in [0.29, 0.717) is 5.69 Å². The van der Waals surface area contributed by atoms with E-state index in [1.807, 2.05) is 25.1 Å². The summed E-state index contributed by atoms with van der Waals surface area (Å²) >= 11 is 1.34. The third-order valence-electron chi connectivity index (χ3n) is 3.55. The maximum Gasteiger partial charge on any atom is 0.242 e. The molecule has 1 heterocycles. The van der Waals surface area contributed by atoms with Gasteiger partial charge in [0, 0.05) is 26.0 Å². The van der Waals surface area contributed by atoms with E-state index in [-0.39, 0.29) is 16.1 Å². The number of hydrogen-bond acceptors (Lipinski definition) is 5. The highest BCUT2D eigenvalue weighted by Crippen LogP contribution is 2.25. The quantitative estimate of drug-likeness (QED) is 0.781. The molecule has 0 aliphatic carbocycles. The van der Waals surface area contributed by atoms with E-state index in [1.54, 1.807) is 19.2 Å². The predicted octanol–water partition coefficient (Wildman–Crippen LogP) is 2.76. The van der Waals surface area contributed by atoms with E-state index in [2.05, 4.69) is 10.3 Å². The third-order valence-corrected chi connectivity index (χ3v) is 6.41. The van der Waals surface area contributed by atoms with Gasteiger partial charge in [0.25, 0.3) is 0 Å². The van der Waals surface area contributed by atoms with Crippen LogP contribution in [0.1, 0.15) is 12.5 Å². The van der Waals surface area contributed by atoms with Crippen LogP contribution in [0, 0.1) is 6.92 Å². The van der Waals surface area contributed by atoms with Gasteiger partial charge in [-0.05, 0) is 43.7 Å². The molecule has 0 bridgehead atoms. The van der Waals surface area contributed by atoms with Gasteiger partial charge in [-0.3, -0.25) is 4.79 Å². The van der Waals surface area contributed by atoms with Crippen molar-refractivity contribution in [2.24, 2.45) is 0 Å². The zero-order valence-electron chi connectivity index (χ0n) is 14.6. The number of rotatable bonds is 6. The van der Waals surface area contributed by atoms with E-state index >= 15 is 0 Å². The summed E-state index contributed by atoms with van der Waals surface area (Å²) in [6.07, 6.45) is 1.67. The van der Waals surface area contributed by atoms with Gasteiger partial charge in [-0.25, -0.2) is 17.7 Å². The Morgan fingerprint density at radius 2 is 1.96 bits per heavy atom. The topological polar surface area (TPSA) is 79.4 Å². The van der Waals surface area contributed by atoms with Crippen molar-refractivity contribution in [3.05, 3.63) is 48.2 Å². The number of amides is 1. The molecular formula is C17H21N3O3S2. The molecule has 134 valence electrons. The SMILES string of the molecule is Cc1ccc(S(=O)(=O)N(C)C)cc1NC(=O)C(C)Sc1ccccn1. The van der Waals surface area contributed by atoms with Crippen LogP contribution < -0.4 is 5.32 Å². The molecule has 0 saturated heterocycles. The van der Waals surface area contributed by atoms with Crippen LogP contribution >= 0.6 is 11.8 Å². The van der Waals surface area contributed by atoms with Gasteiger partial charge in [-0.2, -0.15) is 0 Å². The maximum absolute atomic E-state index is 12.4. The summed E-state index contributed by atoms with van der Waals surface area (Å²) < 4.78 is 25.7. The van der Waals surface area contributed by atoms with Crippen molar-refractivity contribution in [1.29, 1.82) is 0 Å². The number of hydrogen-bond donors (Lipinski definition) is 1. The first-order valence-electron chi connectivity index (χ1n) is 7.63. The smallest absolute Gasteiger partial charge is 0.242 e. The van der Waals surface area contributed by atoms with Gasteiger partial charge >= 0.3 is 0 Å². The van der Waals surface area contributed by atoms with Crippen LogP contribution in [0.4, 0.5) is 5.69 Å². The van der Waals surface area contributed by atoms with Crippen molar-refractivity contribution in [1.82, 2.24) is 9.29 Å². The fourth-order valence-corrected chi connectivity index (χ4v) is 3.73. The van der Waals surface area contributed by atoms with Crippen molar-refractivity contribution in [2.45, 2.75) is 29.0 Å². The summed E-state index contributed by atoms with van der Waals surface area (Å²) in [6.45, 7) is 3.60. The minimum atomic E-state index is -3.55. The fourth-order valence-electron chi connectivity index (χ4n) is 1.99. The molecule has 1 aromatic heterocycles. The van der Waals surface area contributed by atoms with Crippen LogP contribution in [0.3, 0.4) is 0 Å². The summed E-state index contributed by atoms with van der Waals surface area (Å²) in [6, 6.07) is 10.2. The Bertz CT molecular complexity index is 853. The number of nitrogens with one attached hydrogen (secondary N) is 1. The van der Waals surface area contributed by atoms with E-state index in [0.717, 1.165) is 14.9 Å². The molecule has 0 radical (unpaired) electrons. The van der Waals surface area contributed by atoms with E-state index in [4.69, 9.17) is 0 Å². The Hall–Kier alpha value is -1.90. The van der Waals surface area contributed by atoms with Crippen LogP contribution in [0.5, 0.6) is 0 Å². The molecule has 0 aliphatic heterocycles. The number of thioether (sulfide) groups is 1. The number of sulfonamides is 1. The monoisotopic (exact) mass is 379 g/mol. The van der Waals surface area contributed by atoms with E-state index in [9.17, 15) is 13.2 Å². The zero-order valence-corrected chi connectivity index (χ0v) is 16.2. The first kappa shape index (κ1) is 19.4. The maximum atomic E-state index is 12.4. The van der Waals surface area contributed by atoms with Gasteiger partial charge in [0.05, 0.1) is 15.2 Å². The number of aryl methyl sites for hydroxylation is 1. The van der Waals surface area contributed by atoms with Gasteiger partial charge in [0.15, 0.2) is 0 Å². The molecule has 8 heteroatoms. The first-order valence-corrected chi connectivity index (χ1v) is 9.95. The molecule has 0 fully saturated rings. The number of benzene rings is 1. The molecule has 1 atom stereocenters. The highest BCUT2D eigenvalue weighted by Gasteiger charge is 2.20. The van der Waals surface area contributed by atoms with E-state index in [1.165, 1.54) is 38.0 Å². The van der Waals surface area contributed by atoms with Gasteiger partial charge in [0.1, 0.15) is 0 Å². The standard InChI is InChI=1S/C17H21N3O3S2/c1-12-8-9-14(25(22,23)20(3)4)11-15(12)19-17(21)13(2)24-16-7-5-6-10-18-16/h5-11,13H,1-4H3,(H,19,21). The molecule has 2 aromatic rings. The van der Waals surface area contributed by atoms with Crippen molar-refractivity contribution in [2.75, 3.05) is 19.4 Å². The van der Waals surface area contributed by atoms with Crippen molar-refractivity contribution < 1.29 is 13.2 Å². The van der Waals surface area contributed by atoms with Crippen LogP contribution in [-0.2, 0) is 14.8 Å². The zero-order chi connectivity index (χ0) is 18.6. The van der Waals surface area contributed by atoms with Gasteiger partial charge in [0.2, 0.25) is 15.9 Å². The minimum Gasteiger partial charge on any atom is -0.325 e. The second-order valence-corrected chi connectivity index (χ2v) is 9.19. The van der Waals surface area contributed by atoms with Crippen molar-refractivity contribution in [3.63, 3.8) is 0 Å². The number of pyridine rings is 1. The molecule has 2 rings (SSSR count). The molecule has 0 spiro atoms. The average molecular weight is 380 g/mol. The summed E-state index contributed by atoms with van der Waals surface area (Å²) in [5.74, 6) is -0.210. The lowest BCUT2D eigenvalue weighted by Crippen LogP contribution is -2.24. The van der Waals surface area contributed by atoms with Crippen molar-refractivity contribution >= 4 is 33.4 Å². The number of carbonyl (C=O) groups excluding carboxylic acids is 1. The second-order valence-electron chi connectivity index (χ2n) is 5.68. The first-order chi connectivity index (χ1) is 11.7. The molecule has 1 N–H and O–H groups in total. The summed E-state index contributed by atoms with van der Waals surface area (Å²) in [5, 5.41) is 3.19. The molecule has 0 aliphatic rings. The Morgan fingerprint density at radius 3 is 2.56 bits per heavy atom. The van der Waals surface area contributed by atoms with Crippen LogP contribution in [0.15, 0.2) is 52.5 Å². The lowest BCUT2D eigenvalue weighted by atomic mass is 10.2. The fraction of sp³-hybridized carbons (Fsp3) is 0.294. The average Bonchev–Trinajstić information content (AvgIpc) is 2.57. The normalized spacial score (nSPS) is 12.8. The third kappa shape index (κ3) is 4.81. The number of anilines is 1.